The summed E-state index contributed by atoms with van der Waals surface area (Å²) < 4.78 is 4.39. The molecule has 3 N–H and O–H groups in total. The fourth-order valence-electron chi connectivity index (χ4n) is 5.62. The minimum absolute atomic E-state index is 0.100. The molecule has 0 bridgehead atoms. The summed E-state index contributed by atoms with van der Waals surface area (Å²) in [6, 6.07) is 16.4. The quantitative estimate of drug-likeness (QED) is 0.141. The molecule has 12 nitrogen and oxygen atoms in total. The maximum Gasteiger partial charge on any atom is 0.408 e. The van der Waals surface area contributed by atoms with Gasteiger partial charge in [0.1, 0.15) is 24.1 Å². The molecular formula is C30H30N4O8S3. The number of aliphatic carboxylic acids is 1. The van der Waals surface area contributed by atoms with Crippen LogP contribution in [0.1, 0.15) is 35.4 Å². The van der Waals surface area contributed by atoms with Crippen LogP contribution in [0, 0.1) is 10.1 Å². The minimum Gasteiger partial charge on any atom is -0.479 e. The number of β-lactam (4-membered cyclic amide) rings is 1. The smallest absolute Gasteiger partial charge is 0.408 e. The Kier molecular flexibility index (Phi) is 9.41. The molecule has 15 heteroatoms. The van der Waals surface area contributed by atoms with Gasteiger partial charge in [-0.1, -0.05) is 36.4 Å². The molecule has 2 fully saturated rings. The molecule has 2 aromatic carbocycles. The summed E-state index contributed by atoms with van der Waals surface area (Å²) in [4.78, 5) is 63.4. The second kappa shape index (κ2) is 13.1. The van der Waals surface area contributed by atoms with Crippen molar-refractivity contribution in [3.8, 4) is 0 Å². The van der Waals surface area contributed by atoms with Crippen molar-refractivity contribution in [1.82, 2.24) is 15.5 Å². The number of carbonyl (C=O) groups is 4. The van der Waals surface area contributed by atoms with Crippen molar-refractivity contribution in [1.29, 1.82) is 0 Å². The van der Waals surface area contributed by atoms with E-state index in [2.05, 4.69) is 10.6 Å². The van der Waals surface area contributed by atoms with Crippen molar-refractivity contribution in [3.05, 3.63) is 98.2 Å². The van der Waals surface area contributed by atoms with Gasteiger partial charge in [0, 0.05) is 17.0 Å². The molecule has 236 valence electrons. The molecule has 5 atom stereocenters. The van der Waals surface area contributed by atoms with Gasteiger partial charge in [-0.15, -0.1) is 34.9 Å². The van der Waals surface area contributed by atoms with Crippen LogP contribution in [0.3, 0.4) is 0 Å². The lowest BCUT2D eigenvalue weighted by Gasteiger charge is -2.49. The number of nitrogens with one attached hydrogen (secondary N) is 2. The Morgan fingerprint density at radius 1 is 1.11 bits per heavy atom. The van der Waals surface area contributed by atoms with E-state index in [0.29, 0.717) is 23.3 Å². The monoisotopic (exact) mass is 670 g/mol. The van der Waals surface area contributed by atoms with Gasteiger partial charge in [0.25, 0.3) is 11.6 Å². The van der Waals surface area contributed by atoms with E-state index in [1.165, 1.54) is 52.3 Å². The molecule has 3 heterocycles. The summed E-state index contributed by atoms with van der Waals surface area (Å²) in [5.41, 5.74) is 1.46. The predicted octanol–water partition coefficient (Wildman–Crippen LogP) is 4.56. The summed E-state index contributed by atoms with van der Waals surface area (Å²) in [5.74, 6) is -2.27. The second-order valence-corrected chi connectivity index (χ2v) is 14.3. The van der Waals surface area contributed by atoms with E-state index in [0.717, 1.165) is 17.3 Å². The first-order chi connectivity index (χ1) is 21.5. The first-order valence-electron chi connectivity index (χ1n) is 13.8. The van der Waals surface area contributed by atoms with Gasteiger partial charge in [-0.2, -0.15) is 0 Å². The lowest BCUT2D eigenvalue weighted by Crippen LogP contribution is -2.75. The number of aryl methyl sites for hydroxylation is 1. The fourth-order valence-corrected chi connectivity index (χ4v) is 9.75. The number of non-ortho nitro benzene ring substituents is 1. The van der Waals surface area contributed by atoms with Crippen LogP contribution in [0.15, 0.2) is 72.1 Å². The molecule has 2 aliphatic heterocycles. The average Bonchev–Trinajstić information content (AvgIpc) is 3.65. The van der Waals surface area contributed by atoms with Crippen molar-refractivity contribution < 1.29 is 33.9 Å². The SMILES string of the molecule is CS[C@@]1(C(=O)O)N2C(=O)[C@@H](NC(=O)C(NC(=O)OCc3ccc([N+](=O)[O-])cc3)c3cccs3)[C@H]2SC1(C)CCc1ccccc1. The Labute approximate surface area is 271 Å². The number of thioether (sulfide) groups is 2. The van der Waals surface area contributed by atoms with Gasteiger partial charge in [-0.3, -0.25) is 19.7 Å². The number of nitro benzene ring substituents is 1. The number of fused-ring (bicyclic) bond motifs is 1. The van der Waals surface area contributed by atoms with Crippen LogP contribution in [0.4, 0.5) is 10.5 Å². The number of carboxylic acids is 1. The topological polar surface area (TPSA) is 168 Å². The molecule has 45 heavy (non-hydrogen) atoms. The normalized spacial score (nSPS) is 24.2. The predicted molar refractivity (Wildman–Crippen MR) is 171 cm³/mol. The molecule has 2 aliphatic rings. The van der Waals surface area contributed by atoms with Crippen molar-refractivity contribution in [3.63, 3.8) is 0 Å². The highest BCUT2D eigenvalue weighted by Gasteiger charge is 2.74. The first-order valence-corrected chi connectivity index (χ1v) is 16.8. The third kappa shape index (κ3) is 6.11. The highest BCUT2D eigenvalue weighted by Crippen LogP contribution is 2.62. The number of thiophene rings is 1. The Morgan fingerprint density at radius 2 is 1.82 bits per heavy atom. The maximum absolute atomic E-state index is 13.6. The van der Waals surface area contributed by atoms with E-state index >= 15 is 0 Å². The largest absolute Gasteiger partial charge is 0.479 e. The summed E-state index contributed by atoms with van der Waals surface area (Å²) in [5, 5.41) is 27.8. The number of hydrogen-bond acceptors (Lipinski definition) is 10. The van der Waals surface area contributed by atoms with E-state index in [1.807, 2.05) is 37.3 Å². The number of rotatable bonds is 12. The number of nitrogens with zero attached hydrogens (tertiary/aromatic N) is 2. The van der Waals surface area contributed by atoms with Crippen LogP contribution in [0.2, 0.25) is 0 Å². The summed E-state index contributed by atoms with van der Waals surface area (Å²) in [6.07, 6.45) is 1.86. The van der Waals surface area contributed by atoms with Gasteiger partial charge in [0.2, 0.25) is 10.8 Å². The summed E-state index contributed by atoms with van der Waals surface area (Å²) in [7, 11) is 0. The van der Waals surface area contributed by atoms with Gasteiger partial charge < -0.3 is 25.4 Å². The van der Waals surface area contributed by atoms with Crippen molar-refractivity contribution >= 4 is 64.4 Å². The molecule has 1 aromatic heterocycles. The number of amides is 3. The average molecular weight is 671 g/mol. The van der Waals surface area contributed by atoms with E-state index < -0.39 is 55.9 Å². The summed E-state index contributed by atoms with van der Waals surface area (Å²) in [6.45, 7) is 1.66. The first kappa shape index (κ1) is 32.3. The van der Waals surface area contributed by atoms with Gasteiger partial charge in [-0.25, -0.2) is 9.59 Å². The number of ether oxygens (including phenoxy) is 1. The Balaban J connectivity index is 1.28. The molecular weight excluding hydrogens is 641 g/mol. The molecule has 0 spiro atoms. The van der Waals surface area contributed by atoms with E-state index in [4.69, 9.17) is 4.74 Å². The third-order valence-electron chi connectivity index (χ3n) is 7.97. The number of hydrogen-bond donors (Lipinski definition) is 3. The van der Waals surface area contributed by atoms with Crippen LogP contribution in [0.25, 0.3) is 0 Å². The second-order valence-electron chi connectivity index (χ2n) is 10.7. The molecule has 3 aromatic rings. The zero-order valence-electron chi connectivity index (χ0n) is 24.2. The lowest BCUT2D eigenvalue weighted by atomic mass is 9.88. The van der Waals surface area contributed by atoms with E-state index in [9.17, 15) is 34.4 Å². The van der Waals surface area contributed by atoms with Crippen molar-refractivity contribution in [2.24, 2.45) is 0 Å². The van der Waals surface area contributed by atoms with Crippen molar-refractivity contribution in [2.45, 2.75) is 53.4 Å². The van der Waals surface area contributed by atoms with Gasteiger partial charge in [0.15, 0.2) is 0 Å². The highest BCUT2D eigenvalue weighted by atomic mass is 32.2. The van der Waals surface area contributed by atoms with Gasteiger partial charge in [0.05, 0.1) is 9.67 Å². The van der Waals surface area contributed by atoms with Gasteiger partial charge in [-0.05, 0) is 60.7 Å². The van der Waals surface area contributed by atoms with Crippen LogP contribution < -0.4 is 10.6 Å². The molecule has 0 aliphatic carbocycles. The zero-order valence-corrected chi connectivity index (χ0v) is 26.7. The van der Waals surface area contributed by atoms with Crippen LogP contribution in [-0.2, 0) is 32.1 Å². The van der Waals surface area contributed by atoms with Gasteiger partial charge >= 0.3 is 12.1 Å². The number of carboxylic acid groups (broad SMARTS) is 1. The van der Waals surface area contributed by atoms with E-state index in [1.54, 1.807) is 23.8 Å². The Morgan fingerprint density at radius 3 is 2.42 bits per heavy atom. The minimum atomic E-state index is -1.54. The van der Waals surface area contributed by atoms with Crippen molar-refractivity contribution in [2.75, 3.05) is 6.26 Å². The Hall–Kier alpha value is -4.08. The van der Waals surface area contributed by atoms with E-state index in [-0.39, 0.29) is 12.3 Å². The number of nitro groups is 1. The lowest BCUT2D eigenvalue weighted by molar-refractivity contribution is -0.384. The standard InChI is InChI=1S/C30H30N4O8S3/c1-29(15-14-18-7-4-3-5-8-18)30(43-2,27(37)38)33-25(36)23(26(33)45-29)31-24(35)22(21-9-6-16-44-21)32-28(39)42-17-19-10-12-20(13-11-19)34(40)41/h3-13,16,22-23,26H,14-15,17H2,1-2H3,(H,31,35)(H,32,39)(H,37,38)/t22?,23-,26-,29?,30-/m1/s1. The number of alkyl carbamates (subject to hydrolysis) is 1. The summed E-state index contributed by atoms with van der Waals surface area (Å²) >= 11 is 3.70. The molecule has 0 saturated carbocycles. The fraction of sp³-hybridized carbons (Fsp3) is 0.333. The zero-order chi connectivity index (χ0) is 32.4. The molecule has 3 amide bonds. The third-order valence-corrected chi connectivity index (χ3v) is 12.2. The Bertz CT molecular complexity index is 1590. The molecule has 5 rings (SSSR count). The molecule has 0 radical (unpaired) electrons. The van der Waals surface area contributed by atoms with Crippen LogP contribution in [-0.4, -0.2) is 66.1 Å². The number of benzene rings is 2. The molecule has 2 unspecified atom stereocenters. The number of carbonyl (C=O) groups excluding carboxylic acids is 3. The molecule has 2 saturated heterocycles. The maximum atomic E-state index is 13.6. The van der Waals surface area contributed by atoms with Crippen LogP contribution >= 0.6 is 34.9 Å². The highest BCUT2D eigenvalue weighted by molar-refractivity contribution is 8.06. The van der Waals surface area contributed by atoms with Crippen LogP contribution in [0.5, 0.6) is 0 Å².